The molecule has 0 saturated carbocycles. The van der Waals surface area contributed by atoms with Crippen LogP contribution in [0.4, 0.5) is 0 Å². The highest BCUT2D eigenvalue weighted by Crippen LogP contribution is 2.08. The van der Waals surface area contributed by atoms with Crippen LogP contribution in [0.5, 0.6) is 0 Å². The average molecular weight is 195 g/mol. The fraction of sp³-hybridized carbons (Fsp3) is 1.00. The van der Waals surface area contributed by atoms with E-state index in [2.05, 4.69) is 0 Å². The van der Waals surface area contributed by atoms with Gasteiger partial charge in [-0.25, -0.2) is 13.6 Å². The van der Waals surface area contributed by atoms with Crippen molar-refractivity contribution in [2.45, 2.75) is 26.4 Å². The summed E-state index contributed by atoms with van der Waals surface area (Å²) in [7, 11) is -1.91. The molecule has 74 valence electrons. The predicted molar refractivity (Wildman–Crippen MR) is 48.2 cm³/mol. The average Bonchev–Trinajstić information content (AvgIpc) is 1.82. The van der Waals surface area contributed by atoms with Gasteiger partial charge in [0.05, 0.1) is 11.9 Å². The van der Waals surface area contributed by atoms with Crippen LogP contribution in [0.15, 0.2) is 0 Å². The Hall–Kier alpha value is -0.130. The van der Waals surface area contributed by atoms with Crippen LogP contribution >= 0.6 is 0 Å². The maximum Gasteiger partial charge on any atom is 0.211 e. The zero-order valence-corrected chi connectivity index (χ0v) is 8.60. The van der Waals surface area contributed by atoms with Gasteiger partial charge in [-0.3, -0.25) is 0 Å². The molecule has 0 aromatic rings. The fourth-order valence-corrected chi connectivity index (χ4v) is 1.81. The number of ether oxygens (including phenoxy) is 1. The van der Waals surface area contributed by atoms with Crippen molar-refractivity contribution in [1.29, 1.82) is 0 Å². The third-order valence-corrected chi connectivity index (χ3v) is 2.32. The van der Waals surface area contributed by atoms with Crippen molar-refractivity contribution in [2.24, 2.45) is 11.1 Å². The summed E-state index contributed by atoms with van der Waals surface area (Å²) in [5.74, 6) is 0.318. The van der Waals surface area contributed by atoms with Gasteiger partial charge in [-0.15, -0.1) is 0 Å². The van der Waals surface area contributed by atoms with E-state index in [9.17, 15) is 8.42 Å². The minimum absolute atomic E-state index is 0.0956. The molecular weight excluding hydrogens is 178 g/mol. The van der Waals surface area contributed by atoms with Crippen LogP contribution in [-0.4, -0.2) is 27.4 Å². The van der Waals surface area contributed by atoms with Crippen molar-refractivity contribution in [1.82, 2.24) is 0 Å². The van der Waals surface area contributed by atoms with Crippen molar-refractivity contribution in [3.05, 3.63) is 0 Å². The number of rotatable bonds is 5. The van der Waals surface area contributed by atoms with E-state index >= 15 is 0 Å². The first-order valence-electron chi connectivity index (χ1n) is 3.88. The van der Waals surface area contributed by atoms with Gasteiger partial charge in [-0.2, -0.15) is 0 Å². The van der Waals surface area contributed by atoms with Crippen LogP contribution in [0.3, 0.4) is 0 Å². The molecule has 0 rings (SSSR count). The molecule has 0 aliphatic carbocycles. The largest absolute Gasteiger partial charge is 0.380 e. The summed E-state index contributed by atoms with van der Waals surface area (Å²) >= 11 is 0. The van der Waals surface area contributed by atoms with Gasteiger partial charge in [0.1, 0.15) is 0 Å². The zero-order valence-electron chi connectivity index (χ0n) is 7.78. The molecule has 5 heteroatoms. The van der Waals surface area contributed by atoms with Gasteiger partial charge < -0.3 is 4.74 Å². The Morgan fingerprint density at radius 3 is 2.17 bits per heavy atom. The Balaban J connectivity index is 4.01. The fourth-order valence-electron chi connectivity index (χ4n) is 1.02. The molecule has 1 atom stereocenters. The van der Waals surface area contributed by atoms with E-state index in [1.165, 1.54) is 7.11 Å². The molecule has 0 aliphatic rings. The van der Waals surface area contributed by atoms with Crippen LogP contribution in [-0.2, 0) is 14.8 Å². The highest BCUT2D eigenvalue weighted by molar-refractivity contribution is 7.89. The Bertz CT molecular complexity index is 211. The molecule has 12 heavy (non-hydrogen) atoms. The number of methoxy groups -OCH3 is 1. The summed E-state index contributed by atoms with van der Waals surface area (Å²) in [5, 5.41) is 4.88. The Morgan fingerprint density at radius 1 is 1.42 bits per heavy atom. The van der Waals surface area contributed by atoms with Gasteiger partial charge >= 0.3 is 0 Å². The van der Waals surface area contributed by atoms with Crippen LogP contribution in [0, 0.1) is 5.92 Å². The molecule has 0 radical (unpaired) electrons. The lowest BCUT2D eigenvalue weighted by Crippen LogP contribution is -2.29. The second kappa shape index (κ2) is 4.79. The highest BCUT2D eigenvalue weighted by Gasteiger charge is 2.15. The van der Waals surface area contributed by atoms with E-state index in [1.54, 1.807) is 0 Å². The number of hydrogen-bond donors (Lipinski definition) is 1. The molecule has 0 saturated heterocycles. The molecule has 0 aromatic carbocycles. The molecular formula is C7H17NO3S. The van der Waals surface area contributed by atoms with Crippen molar-refractivity contribution in [3.63, 3.8) is 0 Å². The monoisotopic (exact) mass is 195 g/mol. The summed E-state index contributed by atoms with van der Waals surface area (Å²) in [6, 6.07) is 0. The Morgan fingerprint density at radius 2 is 1.92 bits per heavy atom. The van der Waals surface area contributed by atoms with E-state index in [-0.39, 0.29) is 11.9 Å². The number of primary sulfonamides is 1. The van der Waals surface area contributed by atoms with Gasteiger partial charge in [-0.1, -0.05) is 13.8 Å². The van der Waals surface area contributed by atoms with E-state index in [0.717, 1.165) is 0 Å². The number of sulfonamides is 1. The normalized spacial score (nSPS) is 15.1. The topological polar surface area (TPSA) is 69.4 Å². The predicted octanol–water partition coefficient (Wildman–Crippen LogP) is 0.336. The quantitative estimate of drug-likeness (QED) is 0.687. The standard InChI is InChI=1S/C7H17NO3S/c1-6(2)4-7(11-3)5-12(8,9)10/h6-7H,4-5H2,1-3H3,(H2,8,9,10). The first-order chi connectivity index (χ1) is 5.35. The van der Waals surface area contributed by atoms with Crippen molar-refractivity contribution < 1.29 is 13.2 Å². The van der Waals surface area contributed by atoms with Crippen LogP contribution in [0.25, 0.3) is 0 Å². The zero-order chi connectivity index (χ0) is 9.78. The smallest absolute Gasteiger partial charge is 0.211 e. The van der Waals surface area contributed by atoms with Crippen LogP contribution < -0.4 is 5.14 Å². The highest BCUT2D eigenvalue weighted by atomic mass is 32.2. The Kier molecular flexibility index (Phi) is 4.74. The molecule has 0 amide bonds. The first-order valence-corrected chi connectivity index (χ1v) is 5.60. The minimum Gasteiger partial charge on any atom is -0.380 e. The Labute approximate surface area is 74.1 Å². The summed E-state index contributed by atoms with van der Waals surface area (Å²) < 4.78 is 26.3. The molecule has 1 unspecified atom stereocenters. The van der Waals surface area contributed by atoms with Crippen molar-refractivity contribution in [3.8, 4) is 0 Å². The van der Waals surface area contributed by atoms with Crippen LogP contribution in [0.1, 0.15) is 20.3 Å². The molecule has 0 aromatic heterocycles. The van der Waals surface area contributed by atoms with E-state index in [0.29, 0.717) is 12.3 Å². The van der Waals surface area contributed by atoms with Gasteiger partial charge in [0.25, 0.3) is 0 Å². The number of hydrogen-bond acceptors (Lipinski definition) is 3. The third kappa shape index (κ3) is 6.57. The van der Waals surface area contributed by atoms with E-state index < -0.39 is 10.0 Å². The van der Waals surface area contributed by atoms with E-state index in [1.807, 2.05) is 13.8 Å². The van der Waals surface area contributed by atoms with Crippen LogP contribution in [0.2, 0.25) is 0 Å². The molecule has 0 bridgehead atoms. The second-order valence-electron chi connectivity index (χ2n) is 3.32. The molecule has 2 N–H and O–H groups in total. The molecule has 0 heterocycles. The lowest BCUT2D eigenvalue weighted by Gasteiger charge is -2.15. The first kappa shape index (κ1) is 11.9. The molecule has 0 aliphatic heterocycles. The summed E-state index contributed by atoms with van der Waals surface area (Å²) in [6.45, 7) is 4.02. The third-order valence-electron chi connectivity index (χ3n) is 1.49. The maximum atomic E-state index is 10.7. The second-order valence-corrected chi connectivity index (χ2v) is 4.98. The van der Waals surface area contributed by atoms with E-state index in [4.69, 9.17) is 9.88 Å². The summed E-state index contributed by atoms with van der Waals surface area (Å²) in [4.78, 5) is 0. The molecule has 4 nitrogen and oxygen atoms in total. The van der Waals surface area contributed by atoms with Gasteiger partial charge in [0.15, 0.2) is 0 Å². The van der Waals surface area contributed by atoms with Gasteiger partial charge in [0.2, 0.25) is 10.0 Å². The minimum atomic E-state index is -3.41. The summed E-state index contributed by atoms with van der Waals surface area (Å²) in [5.41, 5.74) is 0. The van der Waals surface area contributed by atoms with Crippen molar-refractivity contribution in [2.75, 3.05) is 12.9 Å². The van der Waals surface area contributed by atoms with Crippen molar-refractivity contribution >= 4 is 10.0 Å². The summed E-state index contributed by atoms with van der Waals surface area (Å²) in [6.07, 6.45) is 0.437. The molecule has 0 fully saturated rings. The molecule has 0 spiro atoms. The number of nitrogens with two attached hydrogens (primary N) is 1. The van der Waals surface area contributed by atoms with Gasteiger partial charge in [-0.05, 0) is 12.3 Å². The lowest BCUT2D eigenvalue weighted by molar-refractivity contribution is 0.102. The van der Waals surface area contributed by atoms with Gasteiger partial charge in [0, 0.05) is 7.11 Å². The lowest BCUT2D eigenvalue weighted by atomic mass is 10.1. The maximum absolute atomic E-state index is 10.7. The SMILES string of the molecule is COC(CC(C)C)CS(N)(=O)=O.